The largest absolute Gasteiger partial charge is 0.385 e. The first-order chi connectivity index (χ1) is 6.90. The maximum absolute atomic E-state index is 5.19. The summed E-state index contributed by atoms with van der Waals surface area (Å²) >= 11 is 0. The maximum atomic E-state index is 5.19. The number of hydrogen-bond donors (Lipinski definition) is 0. The van der Waals surface area contributed by atoms with E-state index < -0.39 is 0 Å². The van der Waals surface area contributed by atoms with Gasteiger partial charge in [-0.3, -0.25) is 0 Å². The van der Waals surface area contributed by atoms with Gasteiger partial charge >= 0.3 is 0 Å². The fraction of sp³-hybridized carbons (Fsp3) is 1.00. The topological polar surface area (TPSA) is 9.23 Å². The molecule has 0 amide bonds. The first-order valence-electron chi connectivity index (χ1n) is 6.39. The van der Waals surface area contributed by atoms with Crippen molar-refractivity contribution in [2.45, 2.75) is 38.5 Å². The van der Waals surface area contributed by atoms with Crippen molar-refractivity contribution in [1.29, 1.82) is 0 Å². The third-order valence-electron chi connectivity index (χ3n) is 4.90. The molecule has 1 heteroatoms. The molecule has 0 radical (unpaired) electrons. The molecular weight excluding hydrogens is 172 g/mol. The number of rotatable bonds is 4. The second-order valence-corrected chi connectivity index (χ2v) is 5.68. The summed E-state index contributed by atoms with van der Waals surface area (Å²) in [4.78, 5) is 0. The van der Waals surface area contributed by atoms with Gasteiger partial charge in [-0.1, -0.05) is 0 Å². The lowest BCUT2D eigenvalue weighted by Crippen LogP contribution is -2.09. The Labute approximate surface area is 87.2 Å². The lowest BCUT2D eigenvalue weighted by atomic mass is 9.86. The van der Waals surface area contributed by atoms with E-state index in [-0.39, 0.29) is 0 Å². The average Bonchev–Trinajstić information content (AvgIpc) is 3.09. The van der Waals surface area contributed by atoms with E-state index in [0.717, 1.165) is 36.2 Å². The summed E-state index contributed by atoms with van der Waals surface area (Å²) in [6.07, 6.45) is 9.10. The molecule has 1 nitrogen and oxygen atoms in total. The smallest absolute Gasteiger partial charge is 0.0465 e. The Hall–Kier alpha value is -0.0400. The molecule has 3 aliphatic rings. The van der Waals surface area contributed by atoms with Crippen molar-refractivity contribution in [2.24, 2.45) is 29.6 Å². The monoisotopic (exact) mass is 194 g/mol. The molecule has 3 fully saturated rings. The first-order valence-corrected chi connectivity index (χ1v) is 6.39. The first kappa shape index (κ1) is 9.21. The van der Waals surface area contributed by atoms with Crippen LogP contribution < -0.4 is 0 Å². The van der Waals surface area contributed by atoms with Crippen molar-refractivity contribution in [1.82, 2.24) is 0 Å². The molecule has 0 aromatic rings. The van der Waals surface area contributed by atoms with Crippen LogP contribution in [0.15, 0.2) is 0 Å². The minimum absolute atomic E-state index is 0.992. The van der Waals surface area contributed by atoms with Gasteiger partial charge < -0.3 is 4.74 Å². The zero-order valence-corrected chi connectivity index (χ0v) is 9.24. The maximum Gasteiger partial charge on any atom is 0.0465 e. The third-order valence-corrected chi connectivity index (χ3v) is 4.90. The molecule has 4 unspecified atom stereocenters. The van der Waals surface area contributed by atoms with Gasteiger partial charge in [0.1, 0.15) is 0 Å². The van der Waals surface area contributed by atoms with Crippen LogP contribution in [0.4, 0.5) is 0 Å². The molecule has 3 saturated carbocycles. The second-order valence-electron chi connectivity index (χ2n) is 5.68. The van der Waals surface area contributed by atoms with E-state index in [9.17, 15) is 0 Å². The van der Waals surface area contributed by atoms with Gasteiger partial charge in [-0.25, -0.2) is 0 Å². The number of ether oxygens (including phenoxy) is 1. The molecule has 3 rings (SSSR count). The van der Waals surface area contributed by atoms with Gasteiger partial charge in [0.05, 0.1) is 0 Å². The predicted molar refractivity (Wildman–Crippen MR) is 57.0 cm³/mol. The Balaban J connectivity index is 1.49. The van der Waals surface area contributed by atoms with E-state index in [1.54, 1.807) is 32.1 Å². The molecule has 3 aliphatic carbocycles. The van der Waals surface area contributed by atoms with E-state index in [2.05, 4.69) is 0 Å². The van der Waals surface area contributed by atoms with Gasteiger partial charge in [-0.2, -0.15) is 0 Å². The number of fused-ring (bicyclic) bond motifs is 1. The Morgan fingerprint density at radius 1 is 1.00 bits per heavy atom. The van der Waals surface area contributed by atoms with Crippen LogP contribution in [0.1, 0.15) is 38.5 Å². The van der Waals surface area contributed by atoms with Gasteiger partial charge in [0, 0.05) is 13.7 Å². The van der Waals surface area contributed by atoms with Gasteiger partial charge in [0.2, 0.25) is 0 Å². The van der Waals surface area contributed by atoms with Gasteiger partial charge in [-0.15, -0.1) is 0 Å². The Bertz CT molecular complexity index is 209. The summed E-state index contributed by atoms with van der Waals surface area (Å²) in [5.41, 5.74) is 0. The van der Waals surface area contributed by atoms with Crippen molar-refractivity contribution in [3.63, 3.8) is 0 Å². The molecule has 14 heavy (non-hydrogen) atoms. The highest BCUT2D eigenvalue weighted by Crippen LogP contribution is 2.61. The fourth-order valence-corrected chi connectivity index (χ4v) is 3.85. The van der Waals surface area contributed by atoms with Crippen LogP contribution >= 0.6 is 0 Å². The van der Waals surface area contributed by atoms with E-state index >= 15 is 0 Å². The molecule has 4 atom stereocenters. The molecule has 0 aromatic carbocycles. The predicted octanol–water partition coefficient (Wildman–Crippen LogP) is 3.10. The summed E-state index contributed by atoms with van der Waals surface area (Å²) in [6, 6.07) is 0. The Kier molecular flexibility index (Phi) is 2.31. The second kappa shape index (κ2) is 3.52. The van der Waals surface area contributed by atoms with Gasteiger partial charge in [-0.05, 0) is 68.1 Å². The standard InChI is InChI=1S/C13H22O/c1-14-7-6-12-11-5-4-10(8-13(11)12)9-2-3-9/h9-13H,2-8H2,1H3. The molecule has 0 bridgehead atoms. The molecule has 80 valence electrons. The number of methoxy groups -OCH3 is 1. The zero-order valence-electron chi connectivity index (χ0n) is 9.24. The Morgan fingerprint density at radius 3 is 2.50 bits per heavy atom. The highest BCUT2D eigenvalue weighted by Gasteiger charge is 2.53. The molecule has 0 aromatic heterocycles. The minimum atomic E-state index is 0.992. The van der Waals surface area contributed by atoms with Crippen LogP contribution in [0, 0.1) is 29.6 Å². The lowest BCUT2D eigenvalue weighted by molar-refractivity contribution is 0.187. The van der Waals surface area contributed by atoms with Crippen molar-refractivity contribution in [2.75, 3.05) is 13.7 Å². The van der Waals surface area contributed by atoms with E-state index in [0.29, 0.717) is 0 Å². The van der Waals surface area contributed by atoms with E-state index in [1.165, 1.54) is 6.42 Å². The SMILES string of the molecule is COCCC1C2CCC(C3CC3)CC12. The molecule has 0 heterocycles. The molecule has 0 aliphatic heterocycles. The quantitative estimate of drug-likeness (QED) is 0.668. The van der Waals surface area contributed by atoms with Gasteiger partial charge in [0.15, 0.2) is 0 Å². The van der Waals surface area contributed by atoms with Crippen molar-refractivity contribution in [3.05, 3.63) is 0 Å². The zero-order chi connectivity index (χ0) is 9.54. The minimum Gasteiger partial charge on any atom is -0.385 e. The van der Waals surface area contributed by atoms with Crippen LogP contribution in [-0.4, -0.2) is 13.7 Å². The summed E-state index contributed by atoms with van der Waals surface area (Å²) in [5.74, 6) is 5.56. The Morgan fingerprint density at radius 2 is 1.79 bits per heavy atom. The average molecular weight is 194 g/mol. The van der Waals surface area contributed by atoms with Crippen molar-refractivity contribution in [3.8, 4) is 0 Å². The van der Waals surface area contributed by atoms with Crippen molar-refractivity contribution >= 4 is 0 Å². The van der Waals surface area contributed by atoms with Crippen molar-refractivity contribution < 1.29 is 4.74 Å². The van der Waals surface area contributed by atoms with E-state index in [4.69, 9.17) is 4.74 Å². The molecule has 0 spiro atoms. The van der Waals surface area contributed by atoms with E-state index in [1.807, 2.05) is 7.11 Å². The third kappa shape index (κ3) is 1.60. The molecule has 0 saturated heterocycles. The summed E-state index contributed by atoms with van der Waals surface area (Å²) in [7, 11) is 1.83. The van der Waals surface area contributed by atoms with Crippen LogP contribution in [0.3, 0.4) is 0 Å². The highest BCUT2D eigenvalue weighted by atomic mass is 16.5. The van der Waals surface area contributed by atoms with Crippen LogP contribution in [0.2, 0.25) is 0 Å². The van der Waals surface area contributed by atoms with Crippen LogP contribution in [-0.2, 0) is 4.74 Å². The molecular formula is C13H22O. The summed E-state index contributed by atoms with van der Waals surface area (Å²) < 4.78 is 5.19. The normalized spacial score (nSPS) is 46.1. The highest BCUT2D eigenvalue weighted by molar-refractivity contribution is 5.02. The molecule has 0 N–H and O–H groups in total. The summed E-state index contributed by atoms with van der Waals surface area (Å²) in [5, 5.41) is 0. The van der Waals surface area contributed by atoms with Gasteiger partial charge in [0.25, 0.3) is 0 Å². The number of hydrogen-bond acceptors (Lipinski definition) is 1. The summed E-state index contributed by atoms with van der Waals surface area (Å²) in [6.45, 7) is 0.992. The lowest BCUT2D eigenvalue weighted by Gasteiger charge is -2.20. The van der Waals surface area contributed by atoms with Crippen LogP contribution in [0.5, 0.6) is 0 Å². The van der Waals surface area contributed by atoms with Crippen LogP contribution in [0.25, 0.3) is 0 Å². The fourth-order valence-electron chi connectivity index (χ4n) is 3.85.